The molecule has 2 unspecified atom stereocenters. The Hall–Kier alpha value is -7.38. The molecule has 40 heteroatoms. The Kier molecular flexibility index (Phi) is 42.4. The van der Waals surface area contributed by atoms with Crippen LogP contribution in [0.3, 0.4) is 0 Å². The van der Waals surface area contributed by atoms with Crippen molar-refractivity contribution in [1.82, 2.24) is 28.7 Å². The Labute approximate surface area is 882 Å². The molecule has 10 N–H and O–H groups in total. The largest absolute Gasteiger partial charge is 0.499 e. The number of pyridine rings is 2. The van der Waals surface area contributed by atoms with E-state index >= 15 is 0 Å². The number of ether oxygens (including phenoxy) is 18. The lowest BCUT2D eigenvalue weighted by molar-refractivity contribution is -0.321. The Morgan fingerprint density at radius 3 is 1.32 bits per heavy atom. The lowest BCUT2D eigenvalue weighted by Gasteiger charge is -2.49. The van der Waals surface area contributed by atoms with Gasteiger partial charge in [0, 0.05) is 88.5 Å². The number of likely N-dealkylation sites (N-methyl/N-ethyl adjacent to an activating group) is 4. The first kappa shape index (κ1) is 123. The molecule has 0 aliphatic carbocycles. The fraction of sp³-hybridized carbons (Fsp3) is 0.764. The number of methoxy groups -OCH3 is 2. The van der Waals surface area contributed by atoms with Crippen LogP contribution >= 0.6 is 0 Å². The first-order chi connectivity index (χ1) is 70.3. The number of carbonyl (C=O) groups is 4. The molecule has 2 aromatic heterocycles. The number of aliphatic hydroxyl groups is 8. The molecule has 0 amide bonds. The Balaban J connectivity index is 0.000000284. The van der Waals surface area contributed by atoms with E-state index in [1.54, 1.807) is 115 Å². The minimum Gasteiger partial charge on any atom is -0.499 e. The van der Waals surface area contributed by atoms with Gasteiger partial charge in [-0.1, -0.05) is 53.7 Å². The van der Waals surface area contributed by atoms with Gasteiger partial charge in [-0.25, -0.2) is 9.59 Å². The first-order valence-electron chi connectivity index (χ1n) is 53.3. The third kappa shape index (κ3) is 28.4. The minimum atomic E-state index is -1.85. The van der Waals surface area contributed by atoms with E-state index in [-0.39, 0.29) is 130 Å². The zero-order valence-electron chi connectivity index (χ0n) is 93.2. The van der Waals surface area contributed by atoms with Gasteiger partial charge in [-0.05, 0) is 237 Å². The highest BCUT2D eigenvalue weighted by Crippen LogP contribution is 2.46. The van der Waals surface area contributed by atoms with Crippen molar-refractivity contribution < 1.29 is 156 Å². The van der Waals surface area contributed by atoms with E-state index in [1.165, 1.54) is 32.5 Å². The molecule has 6 fully saturated rings. The Bertz CT molecular complexity index is 5320. The molecule has 0 bridgehead atoms. The number of hydrogen-bond donors (Lipinski definition) is 10. The van der Waals surface area contributed by atoms with Crippen molar-refractivity contribution in [3.8, 4) is 11.5 Å². The molecule has 848 valence electrons. The molecule has 8 aliphatic rings. The summed E-state index contributed by atoms with van der Waals surface area (Å²) in [6, 6.07) is 5.21. The van der Waals surface area contributed by atoms with Crippen LogP contribution in [0.1, 0.15) is 222 Å². The standard InChI is InChI=1S/2C55H87N3O17/c2*1-15-41-55(10,66)47(61)34(6)57(13)28-30(2)26-53(8,65)48(75-52-45(60)39(56(11)12)23-31(3)71-52)32(4)46(33(5)51(64)73-41)74-42-27-54(9,67-14)49(35(7)72-42)70-22-21-68-19-16-17-36-24-37-43-40(25-36)69-20-18-58(43)29-38(44(37)59)50(62)63/h16,19,24-25,29-35,39,41-42,45-49,52,60-61,65-66H,15,17-18,20-23,26-28H2,1-14H3,(H,62,63);16-17,24-25,29-35,39,41-42,45-49,52,60-61,65-66H,15,18-23,26-28H2,1-14H3,(H,62,63)/t2*30-,31-,32+,33-,34-,35+,39+,41-,42?,45-,46+,47+,48-,49+,52+,53-,54-,55-/m11/s1. The van der Waals surface area contributed by atoms with Crippen LogP contribution in [-0.2, 0) is 105 Å². The highest BCUT2D eigenvalue weighted by Gasteiger charge is 2.58. The van der Waals surface area contributed by atoms with Crippen LogP contribution in [0.4, 0.5) is 0 Å². The summed E-state index contributed by atoms with van der Waals surface area (Å²) < 4.78 is 118. The first-order valence-corrected chi connectivity index (χ1v) is 53.3. The Morgan fingerprint density at radius 2 is 0.920 bits per heavy atom. The van der Waals surface area contributed by atoms with Crippen molar-refractivity contribution in [2.24, 2.45) is 35.5 Å². The molecule has 0 radical (unpaired) electrons. The lowest BCUT2D eigenvalue weighted by Crippen LogP contribution is -2.61. The third-order valence-electron chi connectivity index (χ3n) is 32.4. The van der Waals surface area contributed by atoms with Crippen LogP contribution in [0.25, 0.3) is 27.9 Å². The zero-order chi connectivity index (χ0) is 111. The summed E-state index contributed by atoms with van der Waals surface area (Å²) in [4.78, 5) is 86.6. The second kappa shape index (κ2) is 51.8. The molecule has 2 aromatic carbocycles. The van der Waals surface area contributed by atoms with Gasteiger partial charge in [-0.3, -0.25) is 19.2 Å². The number of cyclic esters (lactones) is 2. The normalized spacial score (nSPS) is 38.7. The number of rotatable bonds is 30. The van der Waals surface area contributed by atoms with E-state index in [1.807, 2.05) is 137 Å². The molecule has 4 aromatic rings. The van der Waals surface area contributed by atoms with Crippen molar-refractivity contribution in [3.63, 3.8) is 0 Å². The molecule has 8 aliphatic heterocycles. The van der Waals surface area contributed by atoms with Gasteiger partial charge >= 0.3 is 23.9 Å². The molecule has 36 atom stereocenters. The van der Waals surface area contributed by atoms with Gasteiger partial charge in [-0.2, -0.15) is 0 Å². The maximum Gasteiger partial charge on any atom is 0.341 e. The van der Waals surface area contributed by atoms with Crippen molar-refractivity contribution >= 4 is 51.8 Å². The second-order valence-corrected chi connectivity index (χ2v) is 45.3. The topological polar surface area (TPSA) is 494 Å². The summed E-state index contributed by atoms with van der Waals surface area (Å²) in [5.74, 6) is -7.08. The zero-order valence-corrected chi connectivity index (χ0v) is 93.2. The number of carbonyl (C=O) groups excluding carboxylic acids is 2. The van der Waals surface area contributed by atoms with Crippen LogP contribution in [0.5, 0.6) is 11.5 Å². The average molecular weight is 2120 g/mol. The van der Waals surface area contributed by atoms with Gasteiger partial charge in [0.2, 0.25) is 10.9 Å². The summed E-state index contributed by atoms with van der Waals surface area (Å²) in [7, 11) is 14.3. The molecule has 150 heavy (non-hydrogen) atoms. The highest BCUT2D eigenvalue weighted by molar-refractivity contribution is 5.96. The maximum atomic E-state index is 14.6. The number of hydrogen-bond acceptors (Lipinski definition) is 36. The lowest BCUT2D eigenvalue weighted by atomic mass is 9.77. The molecule has 40 nitrogen and oxygen atoms in total. The number of allylic oxidation sites excluding steroid dienone is 1. The molecule has 12 rings (SSSR count). The predicted octanol–water partition coefficient (Wildman–Crippen LogP) is 8.16. The highest BCUT2D eigenvalue weighted by atomic mass is 16.7. The fourth-order valence-corrected chi connectivity index (χ4v) is 23.9. The van der Waals surface area contributed by atoms with Gasteiger partial charge < -0.3 is 165 Å². The van der Waals surface area contributed by atoms with Crippen LogP contribution in [0.15, 0.2) is 64.7 Å². The number of aromatic carboxylic acids is 2. The number of benzene rings is 2. The number of carboxylic acid groups (broad SMARTS) is 2. The van der Waals surface area contributed by atoms with Crippen molar-refractivity contribution in [2.75, 3.05) is 116 Å². The van der Waals surface area contributed by atoms with E-state index in [0.717, 1.165) is 5.56 Å². The Morgan fingerprint density at radius 1 is 0.513 bits per heavy atom. The number of esters is 2. The van der Waals surface area contributed by atoms with Gasteiger partial charge in [0.05, 0.1) is 151 Å². The van der Waals surface area contributed by atoms with Crippen LogP contribution in [0.2, 0.25) is 0 Å². The minimum absolute atomic E-state index is 0.148. The maximum absolute atomic E-state index is 14.6. The molecular formula is C110H174N6O34. The number of nitrogens with zero attached hydrogens (tertiary/aromatic N) is 6. The van der Waals surface area contributed by atoms with Gasteiger partial charge in [0.15, 0.2) is 25.2 Å². The van der Waals surface area contributed by atoms with Crippen molar-refractivity contribution in [3.05, 3.63) is 97.8 Å². The summed E-state index contributed by atoms with van der Waals surface area (Å²) in [6.45, 7) is 38.9. The summed E-state index contributed by atoms with van der Waals surface area (Å²) in [5, 5.41) is 116. The third-order valence-corrected chi connectivity index (χ3v) is 32.4. The van der Waals surface area contributed by atoms with Gasteiger partial charge in [0.1, 0.15) is 102 Å². The number of aliphatic hydroxyl groups excluding tert-OH is 4. The van der Waals surface area contributed by atoms with E-state index in [4.69, 9.17) is 85.3 Å². The van der Waals surface area contributed by atoms with Crippen LogP contribution in [0, 0.1) is 35.5 Å². The molecule has 0 spiro atoms. The van der Waals surface area contributed by atoms with Gasteiger partial charge in [0.25, 0.3) is 0 Å². The molecule has 0 saturated carbocycles. The van der Waals surface area contributed by atoms with E-state index in [0.29, 0.717) is 86.8 Å². The molecule has 6 saturated heterocycles. The summed E-state index contributed by atoms with van der Waals surface area (Å²) in [5.41, 5.74) is -8.10. The molecular weight excluding hydrogens is 1950 g/mol. The van der Waals surface area contributed by atoms with Crippen molar-refractivity contribution in [2.45, 2.75) is 390 Å². The number of aromatic nitrogens is 2. The molecule has 10 heterocycles. The van der Waals surface area contributed by atoms with E-state index in [9.17, 15) is 79.8 Å². The van der Waals surface area contributed by atoms with E-state index in [2.05, 4.69) is 0 Å². The van der Waals surface area contributed by atoms with Gasteiger partial charge in [-0.15, -0.1) is 0 Å². The monoisotopic (exact) mass is 2120 g/mol. The average Bonchev–Trinajstić information content (AvgIpc) is 0.777. The van der Waals surface area contributed by atoms with Crippen LogP contribution in [-0.4, -0.2) is 400 Å². The fourth-order valence-electron chi connectivity index (χ4n) is 23.9. The van der Waals surface area contributed by atoms with E-state index < -0.39 is 215 Å². The number of carboxylic acids is 2. The smallest absolute Gasteiger partial charge is 0.341 e. The van der Waals surface area contributed by atoms with Crippen LogP contribution < -0.4 is 20.3 Å². The SMILES string of the molecule is CC[C@H]1OC(=O)[C@H](C)[C@@H](OC2C[C@@](C)(OC)[C@@H](OCCOC=CCc3cc4c5c(c3)c(=O)c(C(=O)O)cn5CCO4)[C@H](C)O2)[C@H](C)[C@@H](O[C@@H]2O[C@H](C)C[C@H](N(C)C)[C@H]2O)[C@](C)(O)C[C@@H](C)CN(C)[C@H](C)[C@H](O)[C@]1(C)O.CC[C@H]1OC(=O)[C@H](C)[C@@H](OC2C[C@@](C)(OC)[C@@H](OCCOCC=Cc3cc4c5c(c3)c(=O)c(C(=O)O)cn5CCO4)[C@H](C)O2)[C@H](C)[C@@H](O[C@@H]2O[C@H](C)C[C@H](N(C)C)[C@H]2O)[C@](C)(O)C[C@@H](C)CN(C)[C@H](C)[C@H](O)[C@]1(C)O. The summed E-state index contributed by atoms with van der Waals surface area (Å²) in [6.07, 6.45) is -6.48. The summed E-state index contributed by atoms with van der Waals surface area (Å²) >= 11 is 0. The second-order valence-electron chi connectivity index (χ2n) is 45.3. The predicted molar refractivity (Wildman–Crippen MR) is 556 cm³/mol. The quantitative estimate of drug-likeness (QED) is 0.0134. The van der Waals surface area contributed by atoms with Crippen molar-refractivity contribution in [1.29, 1.82) is 0 Å².